The molecule has 1 aromatic carbocycles. The molecule has 0 bridgehead atoms. The molecule has 0 aliphatic carbocycles. The average molecular weight is 290 g/mol. The van der Waals surface area contributed by atoms with Crippen LogP contribution in [0.1, 0.15) is 12.0 Å². The van der Waals surface area contributed by atoms with Gasteiger partial charge in [0.1, 0.15) is 0 Å². The van der Waals surface area contributed by atoms with Crippen LogP contribution in [0.25, 0.3) is 10.4 Å². The zero-order valence-corrected chi connectivity index (χ0v) is 12.3. The van der Waals surface area contributed by atoms with Crippen molar-refractivity contribution in [2.24, 2.45) is 11.0 Å². The van der Waals surface area contributed by atoms with Crippen LogP contribution < -0.4 is 4.90 Å². The van der Waals surface area contributed by atoms with Crippen molar-refractivity contribution >= 4 is 23.4 Å². The Balaban J connectivity index is 2.00. The van der Waals surface area contributed by atoms with Gasteiger partial charge in [-0.05, 0) is 47.6 Å². The summed E-state index contributed by atoms with van der Waals surface area (Å²) in [6.45, 7) is 1.03. The number of azide groups is 1. The summed E-state index contributed by atoms with van der Waals surface area (Å²) in [6, 6.07) is 8.17. The maximum absolute atomic E-state index is 12.0. The van der Waals surface area contributed by atoms with Crippen molar-refractivity contribution < 1.29 is 4.79 Å². The zero-order chi connectivity index (χ0) is 14.4. The second-order valence-electron chi connectivity index (χ2n) is 4.90. The molecule has 2 rings (SSSR count). The molecular weight excluding hydrogens is 272 g/mol. The minimum Gasteiger partial charge on any atom is -0.312 e. The predicted octanol–water partition coefficient (Wildman–Crippen LogP) is 3.26. The lowest BCUT2D eigenvalue weighted by Crippen LogP contribution is -2.24. The van der Waals surface area contributed by atoms with Gasteiger partial charge in [-0.2, -0.15) is 11.8 Å². The molecule has 1 unspecified atom stereocenters. The van der Waals surface area contributed by atoms with Crippen LogP contribution in [-0.4, -0.2) is 31.0 Å². The summed E-state index contributed by atoms with van der Waals surface area (Å²) in [5, 5.41) is 3.56. The molecule has 6 heteroatoms. The predicted molar refractivity (Wildman–Crippen MR) is 83.0 cm³/mol. The molecule has 0 aromatic heterocycles. The lowest BCUT2D eigenvalue weighted by Gasteiger charge is -2.17. The molecule has 1 saturated heterocycles. The van der Waals surface area contributed by atoms with Crippen LogP contribution in [0, 0.1) is 5.92 Å². The summed E-state index contributed by atoms with van der Waals surface area (Å²) in [7, 11) is 0. The first kappa shape index (κ1) is 14.8. The van der Waals surface area contributed by atoms with E-state index in [0.717, 1.165) is 17.9 Å². The molecular formula is C14H18N4OS. The van der Waals surface area contributed by atoms with Gasteiger partial charge in [0.2, 0.25) is 5.91 Å². The van der Waals surface area contributed by atoms with Crippen molar-refractivity contribution in [2.45, 2.75) is 12.8 Å². The Morgan fingerprint density at radius 1 is 1.45 bits per heavy atom. The molecule has 1 aromatic rings. The molecule has 1 aliphatic rings. The fraction of sp³-hybridized carbons (Fsp3) is 0.500. The molecule has 1 heterocycles. The van der Waals surface area contributed by atoms with E-state index in [0.29, 0.717) is 19.5 Å². The number of amides is 1. The summed E-state index contributed by atoms with van der Waals surface area (Å²) in [6.07, 6.45) is 3.61. The van der Waals surface area contributed by atoms with Gasteiger partial charge >= 0.3 is 0 Å². The number of carbonyl (C=O) groups is 1. The van der Waals surface area contributed by atoms with Crippen molar-refractivity contribution in [1.82, 2.24) is 0 Å². The van der Waals surface area contributed by atoms with E-state index in [2.05, 4.69) is 28.4 Å². The zero-order valence-electron chi connectivity index (χ0n) is 11.5. The number of thioether (sulfide) groups is 1. The molecule has 0 N–H and O–H groups in total. The van der Waals surface area contributed by atoms with E-state index in [1.807, 2.05) is 23.9 Å². The molecule has 1 aliphatic heterocycles. The van der Waals surface area contributed by atoms with Gasteiger partial charge in [0.15, 0.2) is 0 Å². The van der Waals surface area contributed by atoms with E-state index in [1.54, 1.807) is 4.90 Å². The van der Waals surface area contributed by atoms with Crippen LogP contribution in [0.4, 0.5) is 5.69 Å². The summed E-state index contributed by atoms with van der Waals surface area (Å²) in [4.78, 5) is 16.5. The Morgan fingerprint density at radius 3 is 2.85 bits per heavy atom. The van der Waals surface area contributed by atoms with E-state index in [9.17, 15) is 4.79 Å². The Labute approximate surface area is 123 Å². The monoisotopic (exact) mass is 290 g/mol. The van der Waals surface area contributed by atoms with E-state index >= 15 is 0 Å². The third-order valence-electron chi connectivity index (χ3n) is 3.45. The van der Waals surface area contributed by atoms with Gasteiger partial charge in [-0.25, -0.2) is 0 Å². The third kappa shape index (κ3) is 3.68. The van der Waals surface area contributed by atoms with Gasteiger partial charge in [0.25, 0.3) is 0 Å². The maximum atomic E-state index is 12.0. The normalized spacial score (nSPS) is 18.1. The second kappa shape index (κ2) is 7.22. The quantitative estimate of drug-likeness (QED) is 0.458. The van der Waals surface area contributed by atoms with E-state index in [-0.39, 0.29) is 11.8 Å². The number of hydrogen-bond acceptors (Lipinski definition) is 3. The first-order chi connectivity index (χ1) is 9.74. The smallest absolute Gasteiger partial charge is 0.227 e. The Morgan fingerprint density at radius 2 is 2.20 bits per heavy atom. The number of rotatable bonds is 6. The maximum Gasteiger partial charge on any atom is 0.227 e. The molecule has 0 spiro atoms. The number of aryl methyl sites for hydroxylation is 1. The largest absolute Gasteiger partial charge is 0.312 e. The first-order valence-corrected chi connectivity index (χ1v) is 8.03. The molecule has 0 saturated carbocycles. The van der Waals surface area contributed by atoms with Crippen LogP contribution in [0.2, 0.25) is 0 Å². The lowest BCUT2D eigenvalue weighted by atomic mass is 10.1. The number of carbonyl (C=O) groups excluding carboxylic acids is 1. The van der Waals surface area contributed by atoms with Gasteiger partial charge in [-0.3, -0.25) is 4.79 Å². The summed E-state index contributed by atoms with van der Waals surface area (Å²) >= 11 is 1.83. The van der Waals surface area contributed by atoms with Crippen LogP contribution in [0.3, 0.4) is 0 Å². The Bertz CT molecular complexity index is 510. The number of anilines is 1. The molecule has 1 amide bonds. The Kier molecular flexibility index (Phi) is 5.32. The average Bonchev–Trinajstić information content (AvgIpc) is 2.84. The number of hydrogen-bond donors (Lipinski definition) is 0. The van der Waals surface area contributed by atoms with Gasteiger partial charge in [0, 0.05) is 30.1 Å². The Hall–Kier alpha value is -1.65. The highest BCUT2D eigenvalue weighted by molar-refractivity contribution is 7.98. The van der Waals surface area contributed by atoms with E-state index < -0.39 is 0 Å². The number of benzene rings is 1. The van der Waals surface area contributed by atoms with Crippen LogP contribution in [0.5, 0.6) is 0 Å². The highest BCUT2D eigenvalue weighted by atomic mass is 32.2. The van der Waals surface area contributed by atoms with Crippen LogP contribution >= 0.6 is 11.8 Å². The fourth-order valence-corrected chi connectivity index (χ4v) is 2.81. The van der Waals surface area contributed by atoms with Crippen molar-refractivity contribution in [3.63, 3.8) is 0 Å². The van der Waals surface area contributed by atoms with Gasteiger partial charge in [0.05, 0.1) is 0 Å². The second-order valence-corrected chi connectivity index (χ2v) is 5.88. The minimum absolute atomic E-state index is 0.111. The fourth-order valence-electron chi connectivity index (χ4n) is 2.37. The van der Waals surface area contributed by atoms with Gasteiger partial charge in [-0.15, -0.1) is 0 Å². The van der Waals surface area contributed by atoms with Crippen molar-refractivity contribution in [3.05, 3.63) is 40.3 Å². The first-order valence-electron chi connectivity index (χ1n) is 6.63. The molecule has 1 atom stereocenters. The lowest BCUT2D eigenvalue weighted by molar-refractivity contribution is -0.117. The summed E-state index contributed by atoms with van der Waals surface area (Å²) < 4.78 is 0. The van der Waals surface area contributed by atoms with Gasteiger partial charge in [-0.1, -0.05) is 17.2 Å². The van der Waals surface area contributed by atoms with E-state index in [4.69, 9.17) is 5.53 Å². The summed E-state index contributed by atoms with van der Waals surface area (Å²) in [5.41, 5.74) is 10.6. The molecule has 106 valence electrons. The minimum atomic E-state index is 0.111. The van der Waals surface area contributed by atoms with Crippen molar-refractivity contribution in [2.75, 3.05) is 30.0 Å². The topological polar surface area (TPSA) is 69.1 Å². The number of nitrogens with zero attached hydrogens (tertiary/aromatic N) is 4. The molecule has 1 fully saturated rings. The van der Waals surface area contributed by atoms with E-state index in [1.165, 1.54) is 5.56 Å². The molecule has 20 heavy (non-hydrogen) atoms. The summed E-state index contributed by atoms with van der Waals surface area (Å²) in [5.74, 6) is 1.35. The van der Waals surface area contributed by atoms with Gasteiger partial charge < -0.3 is 4.90 Å². The standard InChI is InChI=1S/C14H18N4OS/c1-20-7-6-11-2-4-13(5-3-11)18-10-12(8-14(18)19)9-16-17-15/h2-5,12H,6-10H2,1H3. The highest BCUT2D eigenvalue weighted by Crippen LogP contribution is 2.25. The SMILES string of the molecule is CSCCc1ccc(N2CC(CN=[N+]=[N-])CC2=O)cc1. The van der Waals surface area contributed by atoms with Crippen molar-refractivity contribution in [3.8, 4) is 0 Å². The van der Waals surface area contributed by atoms with Crippen LogP contribution in [-0.2, 0) is 11.2 Å². The molecule has 0 radical (unpaired) electrons. The highest BCUT2D eigenvalue weighted by Gasteiger charge is 2.29. The van der Waals surface area contributed by atoms with Crippen molar-refractivity contribution in [1.29, 1.82) is 0 Å². The van der Waals surface area contributed by atoms with Crippen LogP contribution in [0.15, 0.2) is 29.4 Å². The molecule has 5 nitrogen and oxygen atoms in total. The third-order valence-corrected chi connectivity index (χ3v) is 4.06.